The topological polar surface area (TPSA) is 52.9 Å². The number of halogens is 3. The number of rotatable bonds is 3. The summed E-state index contributed by atoms with van der Waals surface area (Å²) in [6.07, 6.45) is -2.85. The summed E-state index contributed by atoms with van der Waals surface area (Å²) in [5.41, 5.74) is -1.25. The van der Waals surface area contributed by atoms with Gasteiger partial charge in [-0.15, -0.1) is 0 Å². The number of nitriles is 1. The van der Waals surface area contributed by atoms with Crippen molar-refractivity contribution in [3.8, 4) is 6.07 Å². The van der Waals surface area contributed by atoms with Gasteiger partial charge in [-0.2, -0.15) is 18.4 Å². The Balaban J connectivity index is 2.15. The molecule has 0 aliphatic heterocycles. The Hall–Kier alpha value is -2.03. The molecule has 2 atom stereocenters. The Labute approximate surface area is 114 Å². The number of benzene rings is 1. The molecule has 0 aromatic heterocycles. The highest BCUT2D eigenvalue weighted by molar-refractivity contribution is 5.94. The predicted molar refractivity (Wildman–Crippen MR) is 66.7 cm³/mol. The van der Waals surface area contributed by atoms with E-state index < -0.39 is 17.3 Å². The molecule has 2 unspecified atom stereocenters. The number of nitrogens with zero attached hydrogens (tertiary/aromatic N) is 1. The van der Waals surface area contributed by atoms with Gasteiger partial charge in [0.25, 0.3) is 0 Å². The molecule has 0 heterocycles. The van der Waals surface area contributed by atoms with Crippen LogP contribution in [-0.2, 0) is 11.0 Å². The lowest BCUT2D eigenvalue weighted by Gasteiger charge is -2.11. The van der Waals surface area contributed by atoms with Gasteiger partial charge in [0.2, 0.25) is 5.91 Å². The summed E-state index contributed by atoms with van der Waals surface area (Å²) in [5, 5.41) is 11.3. The van der Waals surface area contributed by atoms with Gasteiger partial charge in [-0.1, -0.05) is 13.3 Å². The van der Waals surface area contributed by atoms with E-state index in [4.69, 9.17) is 5.26 Å². The normalized spacial score (nSPS) is 21.1. The first-order valence-electron chi connectivity index (χ1n) is 6.29. The standard InChI is InChI=1S/C14H13F3N2O/c1-2-8-6-11(8)13(20)19-10-3-4-12(14(15,16)17)9(5-10)7-18/h3-5,8,11H,2,6H2,1H3,(H,19,20). The Morgan fingerprint density at radius 3 is 2.70 bits per heavy atom. The molecule has 0 spiro atoms. The van der Waals surface area contributed by atoms with E-state index in [1.54, 1.807) is 0 Å². The van der Waals surface area contributed by atoms with Crippen LogP contribution in [0.3, 0.4) is 0 Å². The second-order valence-corrected chi connectivity index (χ2v) is 4.87. The maximum Gasteiger partial charge on any atom is 0.417 e. The van der Waals surface area contributed by atoms with E-state index in [1.807, 2.05) is 6.92 Å². The van der Waals surface area contributed by atoms with E-state index in [0.29, 0.717) is 5.92 Å². The molecule has 1 aromatic rings. The fraction of sp³-hybridized carbons (Fsp3) is 0.429. The highest BCUT2D eigenvalue weighted by Crippen LogP contribution is 2.41. The van der Waals surface area contributed by atoms with Gasteiger partial charge in [-0.25, -0.2) is 0 Å². The molecule has 0 saturated heterocycles. The number of anilines is 1. The summed E-state index contributed by atoms with van der Waals surface area (Å²) in [6, 6.07) is 4.56. The fourth-order valence-corrected chi connectivity index (χ4v) is 2.22. The molecule has 0 bridgehead atoms. The maximum atomic E-state index is 12.6. The average Bonchev–Trinajstić information content (AvgIpc) is 3.16. The van der Waals surface area contributed by atoms with Crippen molar-refractivity contribution >= 4 is 11.6 Å². The number of hydrogen-bond acceptors (Lipinski definition) is 2. The smallest absolute Gasteiger partial charge is 0.326 e. The third kappa shape index (κ3) is 2.93. The van der Waals surface area contributed by atoms with E-state index in [0.717, 1.165) is 25.0 Å². The van der Waals surface area contributed by atoms with E-state index in [9.17, 15) is 18.0 Å². The first kappa shape index (κ1) is 14.4. The van der Waals surface area contributed by atoms with E-state index in [-0.39, 0.29) is 17.5 Å². The van der Waals surface area contributed by atoms with Crippen LogP contribution in [-0.4, -0.2) is 5.91 Å². The van der Waals surface area contributed by atoms with Gasteiger partial charge in [0.05, 0.1) is 17.2 Å². The second kappa shape index (κ2) is 5.16. The molecule has 1 aromatic carbocycles. The van der Waals surface area contributed by atoms with Crippen molar-refractivity contribution in [2.24, 2.45) is 11.8 Å². The quantitative estimate of drug-likeness (QED) is 0.921. The molecule has 1 saturated carbocycles. The minimum atomic E-state index is -4.57. The van der Waals surface area contributed by atoms with Crippen LogP contribution in [0.25, 0.3) is 0 Å². The Kier molecular flexibility index (Phi) is 3.71. The largest absolute Gasteiger partial charge is 0.417 e. The number of hydrogen-bond donors (Lipinski definition) is 1. The zero-order valence-corrected chi connectivity index (χ0v) is 10.8. The van der Waals surface area contributed by atoms with Crippen molar-refractivity contribution < 1.29 is 18.0 Å². The summed E-state index contributed by atoms with van der Waals surface area (Å²) in [6.45, 7) is 1.99. The summed E-state index contributed by atoms with van der Waals surface area (Å²) in [5.74, 6) is 0.105. The minimum Gasteiger partial charge on any atom is -0.326 e. The molecule has 1 N–H and O–H groups in total. The van der Waals surface area contributed by atoms with Crippen LogP contribution in [0, 0.1) is 23.2 Å². The second-order valence-electron chi connectivity index (χ2n) is 4.87. The average molecular weight is 282 g/mol. The first-order valence-corrected chi connectivity index (χ1v) is 6.29. The van der Waals surface area contributed by atoms with Crippen molar-refractivity contribution in [1.82, 2.24) is 0 Å². The summed E-state index contributed by atoms with van der Waals surface area (Å²) < 4.78 is 37.9. The Bertz CT molecular complexity index is 575. The van der Waals surface area contributed by atoms with Crippen LogP contribution in [0.15, 0.2) is 18.2 Å². The van der Waals surface area contributed by atoms with Crippen LogP contribution in [0.2, 0.25) is 0 Å². The molecule has 6 heteroatoms. The van der Waals surface area contributed by atoms with Crippen molar-refractivity contribution in [2.45, 2.75) is 25.9 Å². The monoisotopic (exact) mass is 282 g/mol. The molecule has 1 fully saturated rings. The van der Waals surface area contributed by atoms with Gasteiger partial charge < -0.3 is 5.32 Å². The van der Waals surface area contributed by atoms with Crippen LogP contribution < -0.4 is 5.32 Å². The summed E-state index contributed by atoms with van der Waals surface area (Å²) >= 11 is 0. The van der Waals surface area contributed by atoms with Crippen LogP contribution >= 0.6 is 0 Å². The zero-order valence-electron chi connectivity index (χ0n) is 10.8. The maximum absolute atomic E-state index is 12.6. The van der Waals surface area contributed by atoms with Crippen LogP contribution in [0.5, 0.6) is 0 Å². The Morgan fingerprint density at radius 1 is 1.50 bits per heavy atom. The van der Waals surface area contributed by atoms with Crippen molar-refractivity contribution in [3.05, 3.63) is 29.3 Å². The fourth-order valence-electron chi connectivity index (χ4n) is 2.22. The number of carbonyl (C=O) groups excluding carboxylic acids is 1. The third-order valence-electron chi connectivity index (χ3n) is 3.50. The molecule has 1 aliphatic carbocycles. The summed E-state index contributed by atoms with van der Waals surface area (Å²) in [7, 11) is 0. The first-order chi connectivity index (χ1) is 9.36. The van der Waals surface area contributed by atoms with Gasteiger partial charge in [-0.3, -0.25) is 4.79 Å². The molecule has 1 amide bonds. The number of carbonyl (C=O) groups is 1. The molecule has 0 radical (unpaired) electrons. The molecular formula is C14H13F3N2O. The number of amides is 1. The van der Waals surface area contributed by atoms with E-state index in [2.05, 4.69) is 5.32 Å². The van der Waals surface area contributed by atoms with Gasteiger partial charge in [0, 0.05) is 11.6 Å². The highest BCUT2D eigenvalue weighted by Gasteiger charge is 2.41. The number of alkyl halides is 3. The van der Waals surface area contributed by atoms with E-state index in [1.165, 1.54) is 12.1 Å². The van der Waals surface area contributed by atoms with Crippen molar-refractivity contribution in [3.63, 3.8) is 0 Å². The Morgan fingerprint density at radius 2 is 2.20 bits per heavy atom. The highest BCUT2D eigenvalue weighted by atomic mass is 19.4. The molecule has 20 heavy (non-hydrogen) atoms. The van der Waals surface area contributed by atoms with Crippen LogP contribution in [0.1, 0.15) is 30.9 Å². The van der Waals surface area contributed by atoms with Gasteiger partial charge in [0.1, 0.15) is 0 Å². The van der Waals surface area contributed by atoms with Crippen molar-refractivity contribution in [2.75, 3.05) is 5.32 Å². The molecule has 3 nitrogen and oxygen atoms in total. The van der Waals surface area contributed by atoms with E-state index >= 15 is 0 Å². The molecule has 106 valence electrons. The SMILES string of the molecule is CCC1CC1C(=O)Nc1ccc(C(F)(F)F)c(C#N)c1. The van der Waals surface area contributed by atoms with Crippen LogP contribution in [0.4, 0.5) is 18.9 Å². The van der Waals surface area contributed by atoms with Gasteiger partial charge in [0.15, 0.2) is 0 Å². The van der Waals surface area contributed by atoms with Crippen molar-refractivity contribution in [1.29, 1.82) is 5.26 Å². The van der Waals surface area contributed by atoms with Gasteiger partial charge in [-0.05, 0) is 30.5 Å². The van der Waals surface area contributed by atoms with Gasteiger partial charge >= 0.3 is 6.18 Å². The third-order valence-corrected chi connectivity index (χ3v) is 3.50. The molecular weight excluding hydrogens is 269 g/mol. The zero-order chi connectivity index (χ0) is 14.9. The lowest BCUT2D eigenvalue weighted by molar-refractivity contribution is -0.137. The lowest BCUT2D eigenvalue weighted by Crippen LogP contribution is -2.15. The molecule has 1 aliphatic rings. The molecule has 2 rings (SSSR count). The minimum absolute atomic E-state index is 0.0622. The lowest BCUT2D eigenvalue weighted by atomic mass is 10.1. The predicted octanol–water partition coefficient (Wildman–Crippen LogP) is 3.56. The summed E-state index contributed by atoms with van der Waals surface area (Å²) in [4.78, 5) is 11.8. The number of nitrogens with one attached hydrogen (secondary N) is 1.